The maximum atomic E-state index is 12.4. The van der Waals surface area contributed by atoms with Gasteiger partial charge < -0.3 is 10.1 Å². The third-order valence-electron chi connectivity index (χ3n) is 5.17. The summed E-state index contributed by atoms with van der Waals surface area (Å²) in [7, 11) is 0. The van der Waals surface area contributed by atoms with Gasteiger partial charge in [-0.1, -0.05) is 19.3 Å². The van der Waals surface area contributed by atoms with Gasteiger partial charge in [-0.15, -0.1) is 0 Å². The lowest BCUT2D eigenvalue weighted by Gasteiger charge is -2.28. The van der Waals surface area contributed by atoms with E-state index in [1.54, 1.807) is 36.5 Å². The molecule has 1 atom stereocenters. The molecule has 2 aromatic rings. The fourth-order valence-electron chi connectivity index (χ4n) is 3.47. The molecule has 0 radical (unpaired) electrons. The highest BCUT2D eigenvalue weighted by molar-refractivity contribution is 5.94. The number of carbonyl (C=O) groups excluding carboxylic acids is 1. The fraction of sp³-hybridized carbons (Fsp3) is 0.409. The van der Waals surface area contributed by atoms with Gasteiger partial charge in [-0.05, 0) is 62.1 Å². The summed E-state index contributed by atoms with van der Waals surface area (Å²) in [6, 6.07) is 12.8. The summed E-state index contributed by atoms with van der Waals surface area (Å²) in [6.07, 6.45) is 7.84. The van der Waals surface area contributed by atoms with E-state index in [4.69, 9.17) is 10.00 Å². The molecule has 3 rings (SSSR count). The Kier molecular flexibility index (Phi) is 6.43. The summed E-state index contributed by atoms with van der Waals surface area (Å²) < 4.78 is 5.66. The molecular formula is C22H25N3O2. The topological polar surface area (TPSA) is 75.0 Å². The number of aromatic nitrogens is 1. The third kappa shape index (κ3) is 5.30. The molecule has 140 valence electrons. The second-order valence-corrected chi connectivity index (χ2v) is 7.12. The van der Waals surface area contributed by atoms with Crippen molar-refractivity contribution < 1.29 is 9.53 Å². The van der Waals surface area contributed by atoms with E-state index >= 15 is 0 Å². The van der Waals surface area contributed by atoms with Crippen LogP contribution in [0.5, 0.6) is 5.75 Å². The fourth-order valence-corrected chi connectivity index (χ4v) is 3.47. The predicted octanol–water partition coefficient (Wildman–Crippen LogP) is 4.23. The van der Waals surface area contributed by atoms with Gasteiger partial charge in [0.2, 0.25) is 0 Å². The molecule has 0 spiro atoms. The van der Waals surface area contributed by atoms with Gasteiger partial charge in [-0.3, -0.25) is 9.78 Å². The van der Waals surface area contributed by atoms with Crippen molar-refractivity contribution in [3.05, 3.63) is 59.4 Å². The van der Waals surface area contributed by atoms with Gasteiger partial charge >= 0.3 is 0 Å². The van der Waals surface area contributed by atoms with Crippen LogP contribution < -0.4 is 10.1 Å². The molecule has 1 aliphatic rings. The largest absolute Gasteiger partial charge is 0.487 e. The molecule has 1 N–H and O–H groups in total. The van der Waals surface area contributed by atoms with Crippen molar-refractivity contribution in [3.8, 4) is 11.8 Å². The van der Waals surface area contributed by atoms with Crippen LogP contribution >= 0.6 is 0 Å². The number of nitriles is 1. The minimum absolute atomic E-state index is 0.0693. The molecule has 5 heteroatoms. The van der Waals surface area contributed by atoms with Crippen molar-refractivity contribution in [2.45, 2.75) is 51.7 Å². The molecular weight excluding hydrogens is 338 g/mol. The third-order valence-corrected chi connectivity index (χ3v) is 5.17. The van der Waals surface area contributed by atoms with E-state index < -0.39 is 0 Å². The first-order valence-corrected chi connectivity index (χ1v) is 9.54. The first kappa shape index (κ1) is 18.9. The molecule has 1 unspecified atom stereocenters. The lowest BCUT2D eigenvalue weighted by molar-refractivity contribution is 0.0919. The summed E-state index contributed by atoms with van der Waals surface area (Å²) in [6.45, 7) is 2.41. The lowest BCUT2D eigenvalue weighted by Crippen LogP contribution is -2.38. The van der Waals surface area contributed by atoms with E-state index in [-0.39, 0.29) is 11.9 Å². The average molecular weight is 363 g/mol. The Bertz CT molecular complexity index is 788. The summed E-state index contributed by atoms with van der Waals surface area (Å²) in [5, 5.41) is 11.9. The predicted molar refractivity (Wildman–Crippen MR) is 103 cm³/mol. The van der Waals surface area contributed by atoms with Crippen molar-refractivity contribution in [1.82, 2.24) is 10.3 Å². The van der Waals surface area contributed by atoms with Crippen LogP contribution in [0.2, 0.25) is 0 Å². The molecule has 0 bridgehead atoms. The van der Waals surface area contributed by atoms with Gasteiger partial charge in [0.1, 0.15) is 12.4 Å². The number of hydrogen-bond donors (Lipinski definition) is 1. The summed E-state index contributed by atoms with van der Waals surface area (Å²) in [5.74, 6) is 1.19. The van der Waals surface area contributed by atoms with Gasteiger partial charge in [0.05, 0.1) is 22.9 Å². The number of nitrogens with zero attached hydrogens (tertiary/aromatic N) is 2. The molecule has 1 aromatic heterocycles. The zero-order valence-electron chi connectivity index (χ0n) is 15.6. The van der Waals surface area contributed by atoms with Crippen LogP contribution in [0.25, 0.3) is 0 Å². The highest BCUT2D eigenvalue weighted by Gasteiger charge is 2.21. The molecule has 1 aromatic carbocycles. The van der Waals surface area contributed by atoms with Gasteiger partial charge in [-0.25, -0.2) is 0 Å². The van der Waals surface area contributed by atoms with Crippen LogP contribution in [-0.4, -0.2) is 16.9 Å². The van der Waals surface area contributed by atoms with E-state index in [2.05, 4.69) is 23.3 Å². The van der Waals surface area contributed by atoms with Gasteiger partial charge in [0.15, 0.2) is 0 Å². The van der Waals surface area contributed by atoms with Gasteiger partial charge in [-0.2, -0.15) is 5.26 Å². The van der Waals surface area contributed by atoms with Gasteiger partial charge in [0, 0.05) is 12.2 Å². The minimum atomic E-state index is -0.0693. The summed E-state index contributed by atoms with van der Waals surface area (Å²) in [5.41, 5.74) is 1.91. The second kappa shape index (κ2) is 9.18. The summed E-state index contributed by atoms with van der Waals surface area (Å²) in [4.78, 5) is 16.8. The SMILES string of the molecule is CC(NC(=O)c1ccc(COc2ccc(C#N)cc2)nc1)C1CCCCC1. The van der Waals surface area contributed by atoms with Crippen molar-refractivity contribution in [3.63, 3.8) is 0 Å². The van der Waals surface area contributed by atoms with E-state index in [0.717, 1.165) is 5.69 Å². The summed E-state index contributed by atoms with van der Waals surface area (Å²) >= 11 is 0. The van der Waals surface area contributed by atoms with Crippen LogP contribution in [0.4, 0.5) is 0 Å². The zero-order valence-corrected chi connectivity index (χ0v) is 15.6. The number of carbonyl (C=O) groups is 1. The van der Waals surface area contributed by atoms with Crippen LogP contribution in [0.3, 0.4) is 0 Å². The Morgan fingerprint density at radius 2 is 1.96 bits per heavy atom. The standard InChI is InChI=1S/C22H25N3O2/c1-16(18-5-3-2-4-6-18)25-22(26)19-9-10-20(24-14-19)15-27-21-11-7-17(13-23)8-12-21/h7-12,14,16,18H,2-6,15H2,1H3,(H,25,26). The van der Waals surface area contributed by atoms with Crippen molar-refractivity contribution in [2.24, 2.45) is 5.92 Å². The second-order valence-electron chi connectivity index (χ2n) is 7.12. The first-order valence-electron chi connectivity index (χ1n) is 9.54. The van der Waals surface area contributed by atoms with Crippen LogP contribution in [-0.2, 0) is 6.61 Å². The zero-order chi connectivity index (χ0) is 19.1. The maximum Gasteiger partial charge on any atom is 0.253 e. The number of amides is 1. The molecule has 1 aliphatic carbocycles. The monoisotopic (exact) mass is 363 g/mol. The molecule has 27 heavy (non-hydrogen) atoms. The molecule has 1 fully saturated rings. The molecule has 0 aliphatic heterocycles. The van der Waals surface area contributed by atoms with E-state index in [1.165, 1.54) is 32.1 Å². The van der Waals surface area contributed by atoms with Crippen LogP contribution in [0.1, 0.15) is 60.6 Å². The van der Waals surface area contributed by atoms with Crippen LogP contribution in [0.15, 0.2) is 42.6 Å². The van der Waals surface area contributed by atoms with Crippen molar-refractivity contribution in [2.75, 3.05) is 0 Å². The highest BCUT2D eigenvalue weighted by Crippen LogP contribution is 2.26. The van der Waals surface area contributed by atoms with E-state index in [9.17, 15) is 4.79 Å². The molecule has 5 nitrogen and oxygen atoms in total. The van der Waals surface area contributed by atoms with Crippen molar-refractivity contribution >= 4 is 5.91 Å². The minimum Gasteiger partial charge on any atom is -0.487 e. The smallest absolute Gasteiger partial charge is 0.253 e. The Morgan fingerprint density at radius 1 is 1.22 bits per heavy atom. The number of rotatable bonds is 6. The molecule has 0 saturated heterocycles. The quantitative estimate of drug-likeness (QED) is 0.833. The first-order chi connectivity index (χ1) is 13.2. The Morgan fingerprint density at radius 3 is 2.59 bits per heavy atom. The van der Waals surface area contributed by atoms with E-state index in [0.29, 0.717) is 29.4 Å². The van der Waals surface area contributed by atoms with Crippen molar-refractivity contribution in [1.29, 1.82) is 5.26 Å². The lowest BCUT2D eigenvalue weighted by atomic mass is 9.84. The highest BCUT2D eigenvalue weighted by atomic mass is 16.5. The Hall–Kier alpha value is -2.87. The molecule has 1 amide bonds. The number of nitrogens with one attached hydrogen (secondary N) is 1. The maximum absolute atomic E-state index is 12.4. The number of benzene rings is 1. The van der Waals surface area contributed by atoms with Crippen LogP contribution in [0, 0.1) is 17.2 Å². The number of ether oxygens (including phenoxy) is 1. The van der Waals surface area contributed by atoms with E-state index in [1.807, 2.05) is 6.07 Å². The molecule has 1 heterocycles. The molecule has 1 saturated carbocycles. The van der Waals surface area contributed by atoms with Gasteiger partial charge in [0.25, 0.3) is 5.91 Å². The number of hydrogen-bond acceptors (Lipinski definition) is 4. The number of pyridine rings is 1. The Labute approximate surface area is 160 Å². The normalized spacial score (nSPS) is 15.6. The average Bonchev–Trinajstić information content (AvgIpc) is 2.73. The Balaban J connectivity index is 1.51.